The molecule has 0 saturated heterocycles. The molecule has 0 fully saturated rings. The maximum Gasteiger partial charge on any atom is 0.358 e. The first-order valence-electron chi connectivity index (χ1n) is 5.03. The van der Waals surface area contributed by atoms with Gasteiger partial charge < -0.3 is 14.4 Å². The van der Waals surface area contributed by atoms with Crippen LogP contribution in [-0.2, 0) is 6.61 Å². The number of hydrogen-bond donors (Lipinski definition) is 1. The summed E-state index contributed by atoms with van der Waals surface area (Å²) in [6.45, 7) is 2.12. The molecule has 88 valence electrons. The Morgan fingerprint density at radius 3 is 2.94 bits per heavy atom. The number of nitrogens with zero attached hydrogens (tertiary/aromatic N) is 1. The molecule has 0 spiro atoms. The Morgan fingerprint density at radius 1 is 1.47 bits per heavy atom. The van der Waals surface area contributed by atoms with E-state index in [4.69, 9.17) is 14.4 Å². The molecule has 5 heteroatoms. The van der Waals surface area contributed by atoms with Gasteiger partial charge in [0.1, 0.15) is 12.4 Å². The average Bonchev–Trinajstić information content (AvgIpc) is 2.75. The standard InChI is InChI=1S/C12H11NO4/c1-8-3-2-4-9(5-8)16-7-10-6-11(12(14)15)13-17-10/h2-6H,7H2,1H3,(H,14,15). The molecule has 1 heterocycles. The number of ether oxygens (including phenoxy) is 1. The first-order valence-corrected chi connectivity index (χ1v) is 5.03. The van der Waals surface area contributed by atoms with Crippen LogP contribution in [0.1, 0.15) is 21.8 Å². The van der Waals surface area contributed by atoms with Crippen LogP contribution in [0.15, 0.2) is 34.9 Å². The number of hydrogen-bond acceptors (Lipinski definition) is 4. The topological polar surface area (TPSA) is 72.6 Å². The lowest BCUT2D eigenvalue weighted by Gasteiger charge is -2.03. The first-order chi connectivity index (χ1) is 8.15. The molecule has 0 radical (unpaired) electrons. The fourth-order valence-electron chi connectivity index (χ4n) is 1.34. The van der Waals surface area contributed by atoms with Crippen LogP contribution in [0, 0.1) is 6.92 Å². The van der Waals surface area contributed by atoms with Crippen LogP contribution < -0.4 is 4.74 Å². The molecular weight excluding hydrogens is 222 g/mol. The smallest absolute Gasteiger partial charge is 0.358 e. The van der Waals surface area contributed by atoms with Gasteiger partial charge in [0.2, 0.25) is 0 Å². The highest BCUT2D eigenvalue weighted by atomic mass is 16.5. The molecule has 0 unspecified atom stereocenters. The monoisotopic (exact) mass is 233 g/mol. The van der Waals surface area contributed by atoms with Gasteiger partial charge in [0.15, 0.2) is 11.5 Å². The summed E-state index contributed by atoms with van der Waals surface area (Å²) in [7, 11) is 0. The lowest BCUT2D eigenvalue weighted by molar-refractivity contribution is 0.0685. The van der Waals surface area contributed by atoms with Crippen molar-refractivity contribution < 1.29 is 19.2 Å². The van der Waals surface area contributed by atoms with E-state index < -0.39 is 5.97 Å². The van der Waals surface area contributed by atoms with Gasteiger partial charge in [0.05, 0.1) is 0 Å². The number of aromatic nitrogens is 1. The third-order valence-corrected chi connectivity index (χ3v) is 2.15. The summed E-state index contributed by atoms with van der Waals surface area (Å²) in [5.41, 5.74) is 0.971. The summed E-state index contributed by atoms with van der Waals surface area (Å²) < 4.78 is 10.3. The van der Waals surface area contributed by atoms with Crippen molar-refractivity contribution in [3.63, 3.8) is 0 Å². The number of carboxylic acids is 1. The number of carbonyl (C=O) groups is 1. The normalized spacial score (nSPS) is 10.2. The van der Waals surface area contributed by atoms with E-state index in [0.29, 0.717) is 11.5 Å². The summed E-state index contributed by atoms with van der Waals surface area (Å²) in [5.74, 6) is -0.0299. The number of rotatable bonds is 4. The van der Waals surface area contributed by atoms with Gasteiger partial charge >= 0.3 is 5.97 Å². The number of aryl methyl sites for hydroxylation is 1. The fourth-order valence-corrected chi connectivity index (χ4v) is 1.34. The Labute approximate surface area is 97.6 Å². The largest absolute Gasteiger partial charge is 0.486 e. The molecule has 0 saturated carbocycles. The second-order valence-electron chi connectivity index (χ2n) is 3.59. The number of carboxylic acid groups (broad SMARTS) is 1. The zero-order chi connectivity index (χ0) is 12.3. The van der Waals surface area contributed by atoms with E-state index in [-0.39, 0.29) is 12.3 Å². The molecule has 1 N–H and O–H groups in total. The van der Waals surface area contributed by atoms with Crippen LogP contribution in [-0.4, -0.2) is 16.2 Å². The van der Waals surface area contributed by atoms with E-state index in [1.807, 2.05) is 31.2 Å². The van der Waals surface area contributed by atoms with Crippen molar-refractivity contribution in [1.29, 1.82) is 0 Å². The van der Waals surface area contributed by atoms with Crippen molar-refractivity contribution in [1.82, 2.24) is 5.16 Å². The Kier molecular flexibility index (Phi) is 3.09. The van der Waals surface area contributed by atoms with Gasteiger partial charge in [0, 0.05) is 6.07 Å². The minimum atomic E-state index is -1.12. The predicted molar refractivity (Wildman–Crippen MR) is 59.0 cm³/mol. The highest BCUT2D eigenvalue weighted by Gasteiger charge is 2.10. The van der Waals surface area contributed by atoms with Crippen LogP contribution in [0.25, 0.3) is 0 Å². The number of benzene rings is 1. The zero-order valence-electron chi connectivity index (χ0n) is 9.21. The fraction of sp³-hybridized carbons (Fsp3) is 0.167. The molecule has 0 bridgehead atoms. The zero-order valence-corrected chi connectivity index (χ0v) is 9.21. The number of aromatic carboxylic acids is 1. The van der Waals surface area contributed by atoms with Crippen LogP contribution >= 0.6 is 0 Å². The highest BCUT2D eigenvalue weighted by Crippen LogP contribution is 2.14. The summed E-state index contributed by atoms with van der Waals surface area (Å²) in [6.07, 6.45) is 0. The van der Waals surface area contributed by atoms with Crippen molar-refractivity contribution >= 4 is 5.97 Å². The van der Waals surface area contributed by atoms with Crippen molar-refractivity contribution in [3.8, 4) is 5.75 Å². The Balaban J connectivity index is 2.00. The molecule has 5 nitrogen and oxygen atoms in total. The van der Waals surface area contributed by atoms with Crippen LogP contribution in [0.4, 0.5) is 0 Å². The summed E-state index contributed by atoms with van der Waals surface area (Å²) in [6, 6.07) is 8.89. The van der Waals surface area contributed by atoms with Crippen LogP contribution in [0.5, 0.6) is 5.75 Å². The molecule has 0 amide bonds. The quantitative estimate of drug-likeness (QED) is 0.876. The second kappa shape index (κ2) is 4.69. The molecule has 17 heavy (non-hydrogen) atoms. The lowest BCUT2D eigenvalue weighted by Crippen LogP contribution is -1.96. The highest BCUT2D eigenvalue weighted by molar-refractivity contribution is 5.85. The minimum absolute atomic E-state index is 0.118. The van der Waals surface area contributed by atoms with Crippen molar-refractivity contribution in [3.05, 3.63) is 47.3 Å². The molecule has 0 aliphatic rings. The average molecular weight is 233 g/mol. The molecule has 0 aliphatic heterocycles. The van der Waals surface area contributed by atoms with Gasteiger partial charge in [-0.05, 0) is 24.6 Å². The third kappa shape index (κ3) is 2.84. The van der Waals surface area contributed by atoms with E-state index in [9.17, 15) is 4.79 Å². The maximum atomic E-state index is 10.6. The predicted octanol–water partition coefficient (Wildman–Crippen LogP) is 2.26. The molecule has 0 aliphatic carbocycles. The van der Waals surface area contributed by atoms with E-state index in [0.717, 1.165) is 5.56 Å². The van der Waals surface area contributed by atoms with Crippen LogP contribution in [0.3, 0.4) is 0 Å². The molecular formula is C12H11NO4. The van der Waals surface area contributed by atoms with Crippen molar-refractivity contribution in [2.75, 3.05) is 0 Å². The summed E-state index contributed by atoms with van der Waals surface area (Å²) >= 11 is 0. The first kappa shape index (κ1) is 11.2. The SMILES string of the molecule is Cc1cccc(OCc2cc(C(=O)O)no2)c1. The lowest BCUT2D eigenvalue weighted by atomic mass is 10.2. The van der Waals surface area contributed by atoms with Gasteiger partial charge in [0.25, 0.3) is 0 Å². The van der Waals surface area contributed by atoms with E-state index in [2.05, 4.69) is 5.16 Å². The van der Waals surface area contributed by atoms with Gasteiger partial charge in [-0.2, -0.15) is 0 Å². The molecule has 0 atom stereocenters. The van der Waals surface area contributed by atoms with E-state index in [1.165, 1.54) is 6.07 Å². The summed E-state index contributed by atoms with van der Waals surface area (Å²) in [5, 5.41) is 12.0. The molecule has 2 rings (SSSR count). The Morgan fingerprint density at radius 2 is 2.29 bits per heavy atom. The Bertz CT molecular complexity index is 533. The van der Waals surface area contributed by atoms with Crippen LogP contribution in [0.2, 0.25) is 0 Å². The van der Waals surface area contributed by atoms with E-state index >= 15 is 0 Å². The molecule has 1 aromatic carbocycles. The third-order valence-electron chi connectivity index (χ3n) is 2.15. The van der Waals surface area contributed by atoms with Gasteiger partial charge in [-0.15, -0.1) is 0 Å². The Hall–Kier alpha value is -2.30. The minimum Gasteiger partial charge on any atom is -0.486 e. The molecule has 2 aromatic rings. The maximum absolute atomic E-state index is 10.6. The van der Waals surface area contributed by atoms with Gasteiger partial charge in [-0.3, -0.25) is 0 Å². The van der Waals surface area contributed by atoms with E-state index in [1.54, 1.807) is 0 Å². The second-order valence-corrected chi connectivity index (χ2v) is 3.59. The van der Waals surface area contributed by atoms with Gasteiger partial charge in [-0.1, -0.05) is 17.3 Å². The van der Waals surface area contributed by atoms with Gasteiger partial charge in [-0.25, -0.2) is 4.79 Å². The van der Waals surface area contributed by atoms with Crippen molar-refractivity contribution in [2.24, 2.45) is 0 Å². The molecule has 1 aromatic heterocycles. The van der Waals surface area contributed by atoms with Crippen molar-refractivity contribution in [2.45, 2.75) is 13.5 Å². The summed E-state index contributed by atoms with van der Waals surface area (Å²) in [4.78, 5) is 10.6.